The number of hydrogen-bond donors (Lipinski definition) is 1. The fraction of sp³-hybridized carbons (Fsp3) is 0.414. The van der Waals surface area contributed by atoms with Crippen LogP contribution in [0.2, 0.25) is 0 Å². The molecular weight excluding hydrogens is 444 g/mol. The van der Waals surface area contributed by atoms with Crippen molar-refractivity contribution in [2.75, 3.05) is 19.6 Å². The predicted octanol–water partition coefficient (Wildman–Crippen LogP) is 6.07. The van der Waals surface area contributed by atoms with Gasteiger partial charge in [0.1, 0.15) is 0 Å². The van der Waals surface area contributed by atoms with Crippen molar-refractivity contribution < 1.29 is 9.53 Å². The number of benzene rings is 2. The van der Waals surface area contributed by atoms with E-state index in [1.165, 1.54) is 36.0 Å². The monoisotopic (exact) mass is 478 g/mol. The van der Waals surface area contributed by atoms with Crippen LogP contribution in [0.3, 0.4) is 0 Å². The lowest BCUT2D eigenvalue weighted by Gasteiger charge is -2.38. The summed E-state index contributed by atoms with van der Waals surface area (Å²) in [5.74, 6) is 2.80. The summed E-state index contributed by atoms with van der Waals surface area (Å²) in [5.41, 5.74) is 2.84. The van der Waals surface area contributed by atoms with E-state index in [0.717, 1.165) is 32.5 Å². The molecule has 1 amide bonds. The molecule has 0 unspecified atom stereocenters. The second-order valence-electron chi connectivity index (χ2n) is 9.16. The van der Waals surface area contributed by atoms with Gasteiger partial charge in [-0.1, -0.05) is 91.9 Å². The Morgan fingerprint density at radius 3 is 2.09 bits per heavy atom. The number of ether oxygens (including phenoxy) is 1. The maximum absolute atomic E-state index is 12.5. The summed E-state index contributed by atoms with van der Waals surface area (Å²) in [4.78, 5) is 14.9. The molecule has 1 N–H and O–H groups in total. The zero-order valence-corrected chi connectivity index (χ0v) is 20.6. The van der Waals surface area contributed by atoms with E-state index in [9.17, 15) is 4.79 Å². The maximum Gasteiger partial charge on any atom is 0.408 e. The van der Waals surface area contributed by atoms with Gasteiger partial charge in [-0.25, -0.2) is 4.79 Å². The van der Waals surface area contributed by atoms with E-state index in [1.807, 2.05) is 12.1 Å². The van der Waals surface area contributed by atoms with E-state index in [-0.39, 0.29) is 24.5 Å². The van der Waals surface area contributed by atoms with E-state index in [1.54, 1.807) is 0 Å². The summed E-state index contributed by atoms with van der Waals surface area (Å²) >= 11 is 0. The number of terminal acetylenes is 1. The van der Waals surface area contributed by atoms with E-state index in [0.29, 0.717) is 12.8 Å². The van der Waals surface area contributed by atoms with Gasteiger partial charge in [0.25, 0.3) is 0 Å². The Morgan fingerprint density at radius 1 is 1.00 bits per heavy atom. The van der Waals surface area contributed by atoms with Gasteiger partial charge < -0.3 is 10.1 Å². The van der Waals surface area contributed by atoms with Crippen LogP contribution in [-0.4, -0.2) is 42.3 Å². The molecule has 1 heterocycles. The lowest BCUT2D eigenvalue weighted by molar-refractivity contribution is 0.00580. The number of piperidine rings is 1. The third-order valence-electron chi connectivity index (χ3n) is 6.87. The zero-order valence-electron chi connectivity index (χ0n) is 19.7. The normalized spacial score (nSPS) is 18.1. The first-order valence-electron chi connectivity index (χ1n) is 12.2. The smallest absolute Gasteiger partial charge is 0.408 e. The van der Waals surface area contributed by atoms with Gasteiger partial charge in [-0.2, -0.15) is 0 Å². The maximum atomic E-state index is 12.5. The lowest BCUT2D eigenvalue weighted by Crippen LogP contribution is -2.49. The molecule has 5 heteroatoms. The number of carbonyl (C=O) groups is 1. The Hall–Kier alpha value is -2.74. The standard InChI is InChI=1S/C29H34N2O2.ClH/c1-2-29(33-28(32)30-26-16-10-5-11-17-26)19-22-31(23-20-29)21-18-27(24-12-6-3-7-13-24)25-14-8-4-9-15-25;/h1,3-4,6-9,12-15,18,26H,5,10-11,16-17,19-23H2,(H,30,32);1H. The molecule has 2 aromatic rings. The van der Waals surface area contributed by atoms with Gasteiger partial charge in [-0.05, 0) is 29.5 Å². The highest BCUT2D eigenvalue weighted by Crippen LogP contribution is 2.28. The van der Waals surface area contributed by atoms with Crippen LogP contribution in [-0.2, 0) is 4.74 Å². The minimum atomic E-state index is -0.805. The number of amides is 1. The first-order valence-corrected chi connectivity index (χ1v) is 12.2. The summed E-state index contributed by atoms with van der Waals surface area (Å²) in [6, 6.07) is 21.2. The molecule has 4 rings (SSSR count). The molecule has 0 radical (unpaired) electrons. The molecule has 0 bridgehead atoms. The average molecular weight is 479 g/mol. The van der Waals surface area contributed by atoms with E-state index in [4.69, 9.17) is 11.2 Å². The van der Waals surface area contributed by atoms with Crippen molar-refractivity contribution in [3.8, 4) is 12.3 Å². The quantitative estimate of drug-likeness (QED) is 0.512. The van der Waals surface area contributed by atoms with Gasteiger partial charge in [0, 0.05) is 38.5 Å². The number of nitrogens with one attached hydrogen (secondary N) is 1. The van der Waals surface area contributed by atoms with Crippen molar-refractivity contribution in [1.82, 2.24) is 10.2 Å². The molecule has 4 nitrogen and oxygen atoms in total. The molecule has 0 spiro atoms. The second-order valence-corrected chi connectivity index (χ2v) is 9.16. The molecule has 180 valence electrons. The van der Waals surface area contributed by atoms with Crippen LogP contribution in [0.4, 0.5) is 4.79 Å². The van der Waals surface area contributed by atoms with Crippen molar-refractivity contribution in [3.05, 3.63) is 77.9 Å². The molecule has 1 saturated carbocycles. The molecular formula is C29H35ClN2O2. The number of likely N-dealkylation sites (tertiary alicyclic amines) is 1. The van der Waals surface area contributed by atoms with Crippen molar-refractivity contribution in [2.24, 2.45) is 0 Å². The zero-order chi connectivity index (χ0) is 22.9. The van der Waals surface area contributed by atoms with Crippen molar-refractivity contribution in [1.29, 1.82) is 0 Å². The minimum absolute atomic E-state index is 0. The Morgan fingerprint density at radius 2 is 1.56 bits per heavy atom. The third-order valence-corrected chi connectivity index (χ3v) is 6.87. The first kappa shape index (κ1) is 25.9. The van der Waals surface area contributed by atoms with Gasteiger partial charge >= 0.3 is 6.09 Å². The third kappa shape index (κ3) is 6.88. The fourth-order valence-electron chi connectivity index (χ4n) is 4.85. The minimum Gasteiger partial charge on any atom is -0.430 e. The van der Waals surface area contributed by atoms with E-state index < -0.39 is 5.60 Å². The SMILES string of the molecule is C#CC1(OC(=O)NC2CCCCC2)CCN(CC=C(c2ccccc2)c2ccccc2)CC1.Cl. The van der Waals surface area contributed by atoms with Gasteiger partial charge in [0.2, 0.25) is 0 Å². The van der Waals surface area contributed by atoms with Gasteiger partial charge in [-0.15, -0.1) is 18.8 Å². The summed E-state index contributed by atoms with van der Waals surface area (Å²) in [6.45, 7) is 2.43. The number of halogens is 1. The number of rotatable bonds is 6. The van der Waals surface area contributed by atoms with E-state index in [2.05, 4.69) is 70.7 Å². The number of alkyl carbamates (subject to hydrolysis) is 1. The van der Waals surface area contributed by atoms with Gasteiger partial charge in [-0.3, -0.25) is 4.90 Å². The van der Waals surface area contributed by atoms with Gasteiger partial charge in [0.05, 0.1) is 0 Å². The van der Waals surface area contributed by atoms with Crippen LogP contribution in [0.25, 0.3) is 5.57 Å². The largest absolute Gasteiger partial charge is 0.430 e. The summed E-state index contributed by atoms with van der Waals surface area (Å²) in [5, 5.41) is 3.03. The molecule has 0 aromatic heterocycles. The van der Waals surface area contributed by atoms with E-state index >= 15 is 0 Å². The van der Waals surface area contributed by atoms with Crippen molar-refractivity contribution in [2.45, 2.75) is 56.6 Å². The molecule has 2 fully saturated rings. The number of hydrogen-bond acceptors (Lipinski definition) is 3. The molecule has 1 aliphatic carbocycles. The van der Waals surface area contributed by atoms with Crippen LogP contribution < -0.4 is 5.32 Å². The number of carbonyl (C=O) groups excluding carboxylic acids is 1. The van der Waals surface area contributed by atoms with Crippen molar-refractivity contribution in [3.63, 3.8) is 0 Å². The second kappa shape index (κ2) is 12.6. The summed E-state index contributed by atoms with van der Waals surface area (Å²) in [6.07, 6.45) is 14.8. The van der Waals surface area contributed by atoms with Crippen molar-refractivity contribution >= 4 is 24.1 Å². The molecule has 1 aliphatic heterocycles. The topological polar surface area (TPSA) is 41.6 Å². The Balaban J connectivity index is 0.00000324. The Labute approximate surface area is 210 Å². The van der Waals surface area contributed by atoms with Crippen LogP contribution in [0.1, 0.15) is 56.1 Å². The summed E-state index contributed by atoms with van der Waals surface area (Å²) < 4.78 is 5.82. The number of nitrogens with zero attached hydrogens (tertiary/aromatic N) is 1. The van der Waals surface area contributed by atoms with Crippen LogP contribution in [0.5, 0.6) is 0 Å². The van der Waals surface area contributed by atoms with Crippen LogP contribution in [0, 0.1) is 12.3 Å². The Bertz CT molecular complexity index is 929. The average Bonchev–Trinajstić information content (AvgIpc) is 2.87. The van der Waals surface area contributed by atoms with Crippen LogP contribution in [0.15, 0.2) is 66.7 Å². The lowest BCUT2D eigenvalue weighted by atomic mass is 9.91. The Kier molecular flexibility index (Phi) is 9.62. The molecule has 1 saturated heterocycles. The highest BCUT2D eigenvalue weighted by Gasteiger charge is 2.36. The molecule has 2 aromatic carbocycles. The molecule has 0 atom stereocenters. The first-order chi connectivity index (χ1) is 16.2. The van der Waals surface area contributed by atoms with Gasteiger partial charge in [0.15, 0.2) is 5.60 Å². The highest BCUT2D eigenvalue weighted by molar-refractivity contribution is 5.85. The van der Waals surface area contributed by atoms with Crippen LogP contribution >= 0.6 is 12.4 Å². The summed E-state index contributed by atoms with van der Waals surface area (Å²) in [7, 11) is 0. The fourth-order valence-corrected chi connectivity index (χ4v) is 4.85. The molecule has 2 aliphatic rings. The highest BCUT2D eigenvalue weighted by atomic mass is 35.5. The molecule has 34 heavy (non-hydrogen) atoms. The predicted molar refractivity (Wildman–Crippen MR) is 141 cm³/mol.